The summed E-state index contributed by atoms with van der Waals surface area (Å²) in [5, 5.41) is 2.89. The molecule has 0 saturated carbocycles. The van der Waals surface area contributed by atoms with Crippen molar-refractivity contribution < 1.29 is 27.6 Å². The molecular weight excluding hydrogens is 483 g/mol. The van der Waals surface area contributed by atoms with E-state index in [0.717, 1.165) is 23.3 Å². The van der Waals surface area contributed by atoms with Crippen molar-refractivity contribution in [2.45, 2.75) is 57.4 Å². The largest absolute Gasteiger partial charge is 0.342 e. The molecule has 9 heteroatoms. The van der Waals surface area contributed by atoms with Crippen LogP contribution >= 0.6 is 0 Å². The number of piperazine rings is 1. The fourth-order valence-electron chi connectivity index (χ4n) is 5.78. The Morgan fingerprint density at radius 3 is 2.27 bits per heavy atom. The molecule has 2 aromatic rings. The molecule has 3 aliphatic rings. The number of nitrogens with zero attached hydrogens (tertiary/aromatic N) is 2. The topological polar surface area (TPSA) is 69.7 Å². The van der Waals surface area contributed by atoms with E-state index in [2.05, 4.69) is 5.32 Å². The van der Waals surface area contributed by atoms with E-state index in [-0.39, 0.29) is 36.9 Å². The normalized spacial score (nSPS) is 23.2. The second-order valence-electron chi connectivity index (χ2n) is 10.7. The van der Waals surface area contributed by atoms with Gasteiger partial charge in [-0.25, -0.2) is 13.2 Å². The van der Waals surface area contributed by atoms with Crippen LogP contribution in [-0.4, -0.2) is 58.9 Å². The highest BCUT2D eigenvalue weighted by atomic mass is 19.1. The smallest absolute Gasteiger partial charge is 0.250 e. The molecule has 1 aliphatic carbocycles. The Morgan fingerprint density at radius 2 is 1.70 bits per heavy atom. The van der Waals surface area contributed by atoms with Crippen LogP contribution in [0.15, 0.2) is 42.5 Å². The molecule has 3 atom stereocenters. The number of amides is 3. The molecule has 2 fully saturated rings. The molecule has 6 nitrogen and oxygen atoms in total. The van der Waals surface area contributed by atoms with Gasteiger partial charge in [0.25, 0.3) is 0 Å². The Morgan fingerprint density at radius 1 is 1.05 bits per heavy atom. The lowest BCUT2D eigenvalue weighted by Crippen LogP contribution is -2.68. The zero-order chi connectivity index (χ0) is 26.4. The summed E-state index contributed by atoms with van der Waals surface area (Å²) in [5.41, 5.74) is 1.98. The Hall–Kier alpha value is -3.36. The van der Waals surface area contributed by atoms with Gasteiger partial charge in [0.15, 0.2) is 0 Å². The van der Waals surface area contributed by atoms with E-state index in [1.54, 1.807) is 0 Å². The van der Waals surface area contributed by atoms with E-state index < -0.39 is 53.7 Å². The standard InChI is InChI=1S/C28H30F3N3O3/c1-15(2)9-23-26(35)32-24(18-10-16-5-3-4-6-17(16)11-18)27(36)34(23)25(28(37)33-13-20(30)14-33)21-8-7-19(29)12-22(21)31/h3-8,12,15,18,20,23-25H,9-11,13-14H2,1-2H3,(H,32,35)/t23-,24-,25-/m1/s1. The van der Waals surface area contributed by atoms with E-state index in [4.69, 9.17) is 0 Å². The number of likely N-dealkylation sites (tertiary alicyclic amines) is 1. The average molecular weight is 514 g/mol. The second kappa shape index (κ2) is 9.84. The third kappa shape index (κ3) is 4.71. The number of fused-ring (bicyclic) bond motifs is 1. The Bertz CT molecular complexity index is 1210. The van der Waals surface area contributed by atoms with Gasteiger partial charge in [-0.3, -0.25) is 14.4 Å². The van der Waals surface area contributed by atoms with Gasteiger partial charge in [-0.2, -0.15) is 0 Å². The molecule has 5 rings (SSSR count). The highest BCUT2D eigenvalue weighted by molar-refractivity contribution is 6.00. The average Bonchev–Trinajstić information content (AvgIpc) is 3.25. The molecule has 2 saturated heterocycles. The fourth-order valence-corrected chi connectivity index (χ4v) is 5.78. The first kappa shape index (κ1) is 25.3. The number of halogens is 3. The van der Waals surface area contributed by atoms with E-state index in [1.165, 1.54) is 9.80 Å². The Balaban J connectivity index is 1.56. The van der Waals surface area contributed by atoms with E-state index in [1.807, 2.05) is 38.1 Å². The summed E-state index contributed by atoms with van der Waals surface area (Å²) in [7, 11) is 0. The van der Waals surface area contributed by atoms with Gasteiger partial charge >= 0.3 is 0 Å². The predicted octanol–water partition coefficient (Wildman–Crippen LogP) is 3.34. The maximum Gasteiger partial charge on any atom is 0.250 e. The van der Waals surface area contributed by atoms with Gasteiger partial charge in [0, 0.05) is 11.6 Å². The third-order valence-corrected chi connectivity index (χ3v) is 7.62. The summed E-state index contributed by atoms with van der Waals surface area (Å²) in [6, 6.07) is 7.16. The molecule has 0 bridgehead atoms. The molecule has 3 amide bonds. The molecule has 2 aromatic carbocycles. The highest BCUT2D eigenvalue weighted by Gasteiger charge is 2.51. The van der Waals surface area contributed by atoms with Gasteiger partial charge in [0.2, 0.25) is 17.7 Å². The maximum absolute atomic E-state index is 15.1. The van der Waals surface area contributed by atoms with E-state index in [0.29, 0.717) is 18.9 Å². The number of carbonyl (C=O) groups is 3. The SMILES string of the molecule is CC(C)C[C@@H]1C(=O)N[C@H](C2Cc3ccccc3C2)C(=O)N1[C@@H](C(=O)N1CC(F)C1)c1ccc(F)cc1F. The van der Waals surface area contributed by atoms with Gasteiger partial charge in [-0.1, -0.05) is 44.2 Å². The van der Waals surface area contributed by atoms with E-state index in [9.17, 15) is 23.2 Å². The number of hydrogen-bond donors (Lipinski definition) is 1. The number of carbonyl (C=O) groups excluding carboxylic acids is 3. The Kier molecular flexibility index (Phi) is 6.72. The molecule has 0 aromatic heterocycles. The lowest BCUT2D eigenvalue weighted by Gasteiger charge is -2.47. The maximum atomic E-state index is 15.1. The summed E-state index contributed by atoms with van der Waals surface area (Å²) < 4.78 is 42.6. The number of hydrogen-bond acceptors (Lipinski definition) is 3. The molecule has 1 N–H and O–H groups in total. The molecule has 2 aliphatic heterocycles. The van der Waals surface area contributed by atoms with E-state index >= 15 is 4.39 Å². The van der Waals surface area contributed by atoms with Crippen molar-refractivity contribution in [1.82, 2.24) is 15.1 Å². The summed E-state index contributed by atoms with van der Waals surface area (Å²) in [4.78, 5) is 43.7. The fraction of sp³-hybridized carbons (Fsp3) is 0.464. The first-order valence-corrected chi connectivity index (χ1v) is 12.7. The van der Waals surface area contributed by atoms with Crippen molar-refractivity contribution in [3.05, 3.63) is 70.8 Å². The third-order valence-electron chi connectivity index (χ3n) is 7.62. The van der Waals surface area contributed by atoms with Crippen LogP contribution in [0.3, 0.4) is 0 Å². The van der Waals surface area contributed by atoms with Gasteiger partial charge in [0.05, 0.1) is 13.1 Å². The highest BCUT2D eigenvalue weighted by Crippen LogP contribution is 2.37. The Labute approximate surface area is 213 Å². The summed E-state index contributed by atoms with van der Waals surface area (Å²) in [6.45, 7) is 3.41. The zero-order valence-corrected chi connectivity index (χ0v) is 20.8. The first-order chi connectivity index (χ1) is 17.6. The van der Waals surface area contributed by atoms with Crippen molar-refractivity contribution in [2.24, 2.45) is 11.8 Å². The number of alkyl halides is 1. The lowest BCUT2D eigenvalue weighted by molar-refractivity contribution is -0.162. The minimum atomic E-state index is -1.51. The molecule has 0 spiro atoms. The van der Waals surface area contributed by atoms with Crippen molar-refractivity contribution >= 4 is 17.7 Å². The monoisotopic (exact) mass is 513 g/mol. The second-order valence-corrected chi connectivity index (χ2v) is 10.7. The van der Waals surface area contributed by atoms with Crippen molar-refractivity contribution in [2.75, 3.05) is 13.1 Å². The number of rotatable bonds is 6. The minimum absolute atomic E-state index is 0.0219. The van der Waals surface area contributed by atoms with Crippen molar-refractivity contribution in [1.29, 1.82) is 0 Å². The van der Waals surface area contributed by atoms with Crippen molar-refractivity contribution in [3.8, 4) is 0 Å². The summed E-state index contributed by atoms with van der Waals surface area (Å²) in [5.74, 6) is -3.66. The van der Waals surface area contributed by atoms with Crippen LogP contribution in [0.1, 0.15) is 43.0 Å². The van der Waals surface area contributed by atoms with Crippen LogP contribution < -0.4 is 5.32 Å². The quantitative estimate of drug-likeness (QED) is 0.644. The van der Waals surface area contributed by atoms with Crippen LogP contribution in [0.2, 0.25) is 0 Å². The van der Waals surface area contributed by atoms with Gasteiger partial charge < -0.3 is 15.1 Å². The molecule has 196 valence electrons. The van der Waals surface area contributed by atoms with Crippen molar-refractivity contribution in [3.63, 3.8) is 0 Å². The molecule has 2 heterocycles. The summed E-state index contributed by atoms with van der Waals surface area (Å²) in [6.07, 6.45) is 0.191. The molecule has 0 unspecified atom stereocenters. The van der Waals surface area contributed by atoms with Crippen LogP contribution in [0.4, 0.5) is 13.2 Å². The molecular formula is C28H30F3N3O3. The minimum Gasteiger partial charge on any atom is -0.342 e. The summed E-state index contributed by atoms with van der Waals surface area (Å²) >= 11 is 0. The van der Waals surface area contributed by atoms with Crippen LogP contribution in [-0.2, 0) is 27.2 Å². The predicted molar refractivity (Wildman–Crippen MR) is 130 cm³/mol. The van der Waals surface area contributed by atoms with Crippen LogP contribution in [0, 0.1) is 23.5 Å². The van der Waals surface area contributed by atoms with Gasteiger partial charge in [-0.15, -0.1) is 0 Å². The molecule has 0 radical (unpaired) electrons. The van der Waals surface area contributed by atoms with Crippen LogP contribution in [0.5, 0.6) is 0 Å². The number of nitrogens with one attached hydrogen (secondary N) is 1. The lowest BCUT2D eigenvalue weighted by atomic mass is 9.87. The van der Waals surface area contributed by atoms with Gasteiger partial charge in [0.1, 0.15) is 35.9 Å². The van der Waals surface area contributed by atoms with Crippen LogP contribution in [0.25, 0.3) is 0 Å². The number of benzene rings is 2. The van der Waals surface area contributed by atoms with Gasteiger partial charge in [-0.05, 0) is 48.3 Å². The first-order valence-electron chi connectivity index (χ1n) is 12.7. The molecule has 37 heavy (non-hydrogen) atoms. The zero-order valence-electron chi connectivity index (χ0n) is 20.8.